The van der Waals surface area contributed by atoms with Gasteiger partial charge in [0.2, 0.25) is 0 Å². The van der Waals surface area contributed by atoms with Crippen molar-refractivity contribution in [2.75, 3.05) is 11.9 Å². The maximum absolute atomic E-state index is 11.9. The summed E-state index contributed by atoms with van der Waals surface area (Å²) in [7, 11) is 0. The zero-order valence-corrected chi connectivity index (χ0v) is 13.1. The lowest BCUT2D eigenvalue weighted by molar-refractivity contribution is -0.384. The van der Waals surface area contributed by atoms with E-state index in [4.69, 9.17) is 16.3 Å². The first kappa shape index (κ1) is 15.9. The second kappa shape index (κ2) is 6.67. The monoisotopic (exact) mass is 345 g/mol. The predicted molar refractivity (Wildman–Crippen MR) is 89.9 cm³/mol. The van der Waals surface area contributed by atoms with E-state index in [1.54, 1.807) is 30.3 Å². The molecule has 0 fully saturated rings. The van der Waals surface area contributed by atoms with Gasteiger partial charge in [-0.25, -0.2) is 4.99 Å². The highest BCUT2D eigenvalue weighted by Gasteiger charge is 2.19. The Kier molecular flexibility index (Phi) is 4.43. The Labute approximate surface area is 142 Å². The van der Waals surface area contributed by atoms with Crippen LogP contribution >= 0.6 is 11.6 Å². The lowest BCUT2D eigenvalue weighted by Crippen LogP contribution is -2.20. The lowest BCUT2D eigenvalue weighted by atomic mass is 10.1. The minimum Gasteiger partial charge on any atom is -0.470 e. The highest BCUT2D eigenvalue weighted by Crippen LogP contribution is 2.30. The summed E-state index contributed by atoms with van der Waals surface area (Å²) < 4.78 is 5.39. The number of fused-ring (bicyclic) bond motifs is 1. The summed E-state index contributed by atoms with van der Waals surface area (Å²) in [6, 6.07) is 11.1. The number of nitro benzene ring substituents is 1. The largest absolute Gasteiger partial charge is 0.470 e. The molecule has 122 valence electrons. The first-order valence-corrected chi connectivity index (χ1v) is 7.42. The van der Waals surface area contributed by atoms with Crippen molar-refractivity contribution in [1.82, 2.24) is 0 Å². The first-order chi connectivity index (χ1) is 11.5. The summed E-state index contributed by atoms with van der Waals surface area (Å²) in [5.41, 5.74) is 1.94. The van der Waals surface area contributed by atoms with Crippen LogP contribution in [0.15, 0.2) is 47.5 Å². The fourth-order valence-electron chi connectivity index (χ4n) is 2.24. The van der Waals surface area contributed by atoms with Gasteiger partial charge in [-0.3, -0.25) is 14.9 Å². The van der Waals surface area contributed by atoms with E-state index < -0.39 is 4.92 Å². The molecule has 0 saturated carbocycles. The van der Waals surface area contributed by atoms with Gasteiger partial charge in [-0.05, 0) is 35.9 Å². The van der Waals surface area contributed by atoms with Crippen molar-refractivity contribution >= 4 is 40.5 Å². The van der Waals surface area contributed by atoms with Gasteiger partial charge in [0.05, 0.1) is 17.0 Å². The number of amides is 1. The summed E-state index contributed by atoms with van der Waals surface area (Å²) in [4.78, 5) is 26.4. The predicted octanol–water partition coefficient (Wildman–Crippen LogP) is 3.49. The van der Waals surface area contributed by atoms with Crippen LogP contribution in [0.25, 0.3) is 0 Å². The number of hydrogen-bond acceptors (Lipinski definition) is 5. The van der Waals surface area contributed by atoms with Gasteiger partial charge in [0.25, 0.3) is 11.6 Å². The van der Waals surface area contributed by atoms with Crippen LogP contribution in [0.2, 0.25) is 5.02 Å². The minimum atomic E-state index is -0.460. The summed E-state index contributed by atoms with van der Waals surface area (Å²) >= 11 is 5.78. The molecule has 1 aliphatic rings. The van der Waals surface area contributed by atoms with Gasteiger partial charge in [0.15, 0.2) is 12.5 Å². The molecule has 0 spiro atoms. The van der Waals surface area contributed by atoms with Crippen molar-refractivity contribution in [3.63, 3.8) is 0 Å². The molecule has 3 rings (SSSR count). The summed E-state index contributed by atoms with van der Waals surface area (Å²) in [5.74, 6) is 0.0266. The van der Waals surface area contributed by atoms with Gasteiger partial charge < -0.3 is 10.1 Å². The fraction of sp³-hybridized carbons (Fsp3) is 0.125. The molecule has 24 heavy (non-hydrogen) atoms. The number of rotatable bonds is 4. The van der Waals surface area contributed by atoms with E-state index in [1.807, 2.05) is 0 Å². The third kappa shape index (κ3) is 3.69. The SMILES string of the molecule is O=C(COC1=Nc2ccc([N+](=O)[O-])cc2C1)Nc1ccc(Cl)cc1. The molecule has 2 aromatic carbocycles. The topological polar surface area (TPSA) is 93.8 Å². The van der Waals surface area contributed by atoms with E-state index in [0.717, 1.165) is 0 Å². The summed E-state index contributed by atoms with van der Waals surface area (Å²) in [6.07, 6.45) is 0.325. The van der Waals surface area contributed by atoms with Crippen LogP contribution in [0.3, 0.4) is 0 Å². The number of nitro groups is 1. The van der Waals surface area contributed by atoms with E-state index in [9.17, 15) is 14.9 Å². The Morgan fingerprint density at radius 3 is 2.75 bits per heavy atom. The van der Waals surface area contributed by atoms with E-state index in [1.165, 1.54) is 12.1 Å². The summed E-state index contributed by atoms with van der Waals surface area (Å²) in [6.45, 7) is -0.197. The molecule has 0 atom stereocenters. The van der Waals surface area contributed by atoms with Gasteiger partial charge in [-0.15, -0.1) is 0 Å². The zero-order chi connectivity index (χ0) is 17.1. The van der Waals surface area contributed by atoms with Gasteiger partial charge in [-0.1, -0.05) is 11.6 Å². The van der Waals surface area contributed by atoms with Crippen LogP contribution in [-0.4, -0.2) is 23.3 Å². The number of carbonyl (C=O) groups excluding carboxylic acids is 1. The van der Waals surface area contributed by atoms with Crippen molar-refractivity contribution in [3.8, 4) is 0 Å². The quantitative estimate of drug-likeness (QED) is 0.678. The minimum absolute atomic E-state index is 0.00526. The van der Waals surface area contributed by atoms with Crippen molar-refractivity contribution in [1.29, 1.82) is 0 Å². The number of benzene rings is 2. The average molecular weight is 346 g/mol. The summed E-state index contributed by atoms with van der Waals surface area (Å²) in [5, 5.41) is 14.0. The number of halogens is 1. The van der Waals surface area contributed by atoms with Crippen LogP contribution in [0, 0.1) is 10.1 Å². The molecule has 7 nitrogen and oxygen atoms in total. The highest BCUT2D eigenvalue weighted by molar-refractivity contribution is 6.30. The molecule has 1 amide bonds. The lowest BCUT2D eigenvalue weighted by Gasteiger charge is -2.07. The number of anilines is 1. The molecule has 1 N–H and O–H groups in total. The maximum Gasteiger partial charge on any atom is 0.269 e. The Bertz CT molecular complexity index is 834. The van der Waals surface area contributed by atoms with Crippen molar-refractivity contribution < 1.29 is 14.5 Å². The number of ether oxygens (including phenoxy) is 1. The first-order valence-electron chi connectivity index (χ1n) is 7.04. The average Bonchev–Trinajstić information content (AvgIpc) is 2.97. The van der Waals surface area contributed by atoms with E-state index in [2.05, 4.69) is 10.3 Å². The van der Waals surface area contributed by atoms with E-state index in [0.29, 0.717) is 34.3 Å². The second-order valence-corrected chi connectivity index (χ2v) is 5.53. The zero-order valence-electron chi connectivity index (χ0n) is 12.4. The Balaban J connectivity index is 1.55. The molecule has 0 aromatic heterocycles. The van der Waals surface area contributed by atoms with Crippen LogP contribution in [0.4, 0.5) is 17.1 Å². The molecule has 0 saturated heterocycles. The third-order valence-corrected chi connectivity index (χ3v) is 3.61. The van der Waals surface area contributed by atoms with Gasteiger partial charge >= 0.3 is 0 Å². The fourth-order valence-corrected chi connectivity index (χ4v) is 2.36. The number of hydrogen-bond donors (Lipinski definition) is 1. The van der Waals surface area contributed by atoms with Crippen LogP contribution in [0.5, 0.6) is 0 Å². The van der Waals surface area contributed by atoms with Gasteiger partial charge in [0, 0.05) is 22.8 Å². The van der Waals surface area contributed by atoms with Crippen LogP contribution in [0.1, 0.15) is 5.56 Å². The van der Waals surface area contributed by atoms with E-state index >= 15 is 0 Å². The smallest absolute Gasteiger partial charge is 0.269 e. The molecule has 2 aromatic rings. The number of aliphatic imine (C=N–C) groups is 1. The standard InChI is InChI=1S/C16H12ClN3O4/c17-11-1-3-12(4-2-11)18-15(21)9-24-16-8-10-7-13(20(22)23)5-6-14(10)19-16/h1-7H,8-9H2,(H,18,21). The Morgan fingerprint density at radius 2 is 2.04 bits per heavy atom. The van der Waals surface area contributed by atoms with Crippen LogP contribution < -0.4 is 5.32 Å². The van der Waals surface area contributed by atoms with Crippen LogP contribution in [-0.2, 0) is 16.0 Å². The highest BCUT2D eigenvalue weighted by atomic mass is 35.5. The van der Waals surface area contributed by atoms with Crippen molar-refractivity contribution in [2.45, 2.75) is 6.42 Å². The number of nitrogens with zero attached hydrogens (tertiary/aromatic N) is 2. The Morgan fingerprint density at radius 1 is 1.29 bits per heavy atom. The molecular formula is C16H12ClN3O4. The van der Waals surface area contributed by atoms with Crippen molar-refractivity contribution in [2.24, 2.45) is 4.99 Å². The van der Waals surface area contributed by atoms with E-state index in [-0.39, 0.29) is 18.2 Å². The molecule has 1 heterocycles. The number of non-ortho nitro benzene ring substituents is 1. The molecule has 8 heteroatoms. The second-order valence-electron chi connectivity index (χ2n) is 5.10. The van der Waals surface area contributed by atoms with Crippen molar-refractivity contribution in [3.05, 3.63) is 63.2 Å². The molecule has 0 bridgehead atoms. The normalized spacial score (nSPS) is 12.3. The molecular weight excluding hydrogens is 334 g/mol. The molecule has 1 aliphatic heterocycles. The molecule has 0 aliphatic carbocycles. The van der Waals surface area contributed by atoms with Gasteiger partial charge in [-0.2, -0.15) is 0 Å². The Hall–Kier alpha value is -2.93. The van der Waals surface area contributed by atoms with Gasteiger partial charge in [0.1, 0.15) is 0 Å². The maximum atomic E-state index is 11.9. The number of nitrogens with one attached hydrogen (secondary N) is 1. The molecule has 0 radical (unpaired) electrons. The molecule has 0 unspecified atom stereocenters. The number of carbonyl (C=O) groups is 1. The third-order valence-electron chi connectivity index (χ3n) is 3.36.